The van der Waals surface area contributed by atoms with E-state index in [1.807, 2.05) is 17.5 Å². The molecule has 0 spiro atoms. The molecule has 124 valence electrons. The molecule has 0 unspecified atom stereocenters. The molecule has 0 saturated heterocycles. The number of ether oxygens (including phenoxy) is 1. The molecule has 1 amide bonds. The van der Waals surface area contributed by atoms with Gasteiger partial charge in [0.25, 0.3) is 5.91 Å². The van der Waals surface area contributed by atoms with E-state index in [0.717, 1.165) is 41.9 Å². The van der Waals surface area contributed by atoms with Crippen LogP contribution >= 0.6 is 11.3 Å². The summed E-state index contributed by atoms with van der Waals surface area (Å²) in [6, 6.07) is 3.81. The van der Waals surface area contributed by atoms with Crippen LogP contribution in [-0.2, 0) is 20.7 Å². The van der Waals surface area contributed by atoms with Gasteiger partial charge in [-0.3, -0.25) is 9.59 Å². The number of carbonyl (C=O) groups is 2. The van der Waals surface area contributed by atoms with Gasteiger partial charge in [-0.15, -0.1) is 11.3 Å². The van der Waals surface area contributed by atoms with Gasteiger partial charge >= 0.3 is 5.97 Å². The minimum absolute atomic E-state index is 0.00794. The Labute approximate surface area is 140 Å². The third-order valence-corrected chi connectivity index (χ3v) is 6.58. The number of amides is 1. The Morgan fingerprint density at radius 2 is 1.83 bits per heavy atom. The second kappa shape index (κ2) is 5.93. The molecule has 1 aromatic rings. The van der Waals surface area contributed by atoms with Gasteiger partial charge in [0.2, 0.25) is 0 Å². The van der Waals surface area contributed by atoms with Crippen LogP contribution in [0.15, 0.2) is 17.5 Å². The highest BCUT2D eigenvalue weighted by atomic mass is 32.1. The molecule has 1 aromatic heterocycles. The summed E-state index contributed by atoms with van der Waals surface area (Å²) in [6.45, 7) is -0.147. The Morgan fingerprint density at radius 1 is 1.17 bits per heavy atom. The molecule has 0 atom stereocenters. The van der Waals surface area contributed by atoms with E-state index < -0.39 is 0 Å². The maximum absolute atomic E-state index is 12.2. The van der Waals surface area contributed by atoms with Crippen LogP contribution in [0.25, 0.3) is 0 Å². The summed E-state index contributed by atoms with van der Waals surface area (Å²) < 4.78 is 5.15. The Bertz CT molecular complexity index is 560. The highest BCUT2D eigenvalue weighted by molar-refractivity contribution is 7.10. The topological polar surface area (TPSA) is 55.4 Å². The number of hydrogen-bond donors (Lipinski definition) is 1. The second-order valence-electron chi connectivity index (χ2n) is 7.66. The van der Waals surface area contributed by atoms with Crippen LogP contribution in [0.1, 0.15) is 43.4 Å². The molecule has 23 heavy (non-hydrogen) atoms. The van der Waals surface area contributed by atoms with Crippen LogP contribution < -0.4 is 5.32 Å². The van der Waals surface area contributed by atoms with E-state index in [1.165, 1.54) is 30.6 Å². The van der Waals surface area contributed by atoms with Gasteiger partial charge in [-0.25, -0.2) is 0 Å². The standard InChI is InChI=1S/C18H23NO3S/c20-16(11-22-17(21)7-15-2-1-3-23-15)19-18-8-12-4-13(9-18)6-14(5-12)10-18/h1-3,12-14H,4-11H2,(H,19,20). The lowest BCUT2D eigenvalue weighted by atomic mass is 9.53. The fourth-order valence-electron chi connectivity index (χ4n) is 5.35. The minimum atomic E-state index is -0.326. The molecule has 0 aromatic carbocycles. The first-order chi connectivity index (χ1) is 11.1. The van der Waals surface area contributed by atoms with Crippen LogP contribution in [0.5, 0.6) is 0 Å². The molecule has 4 saturated carbocycles. The summed E-state index contributed by atoms with van der Waals surface area (Å²) in [5.41, 5.74) is -0.00794. The number of thiophene rings is 1. The predicted molar refractivity (Wildman–Crippen MR) is 88.0 cm³/mol. The monoisotopic (exact) mass is 333 g/mol. The van der Waals surface area contributed by atoms with Crippen molar-refractivity contribution in [2.45, 2.75) is 50.5 Å². The van der Waals surface area contributed by atoms with Gasteiger partial charge in [-0.1, -0.05) is 6.07 Å². The molecule has 0 aliphatic heterocycles. The molecule has 1 heterocycles. The van der Waals surface area contributed by atoms with Gasteiger partial charge in [0.1, 0.15) is 0 Å². The Balaban J connectivity index is 1.28. The highest BCUT2D eigenvalue weighted by Crippen LogP contribution is 2.55. The number of carbonyl (C=O) groups excluding carboxylic acids is 2. The predicted octanol–water partition coefficient (Wildman–Crippen LogP) is 2.92. The number of hydrogen-bond acceptors (Lipinski definition) is 4. The zero-order valence-corrected chi connectivity index (χ0v) is 14.1. The average Bonchev–Trinajstić information content (AvgIpc) is 2.96. The lowest BCUT2D eigenvalue weighted by Crippen LogP contribution is -2.60. The summed E-state index contributed by atoms with van der Waals surface area (Å²) in [4.78, 5) is 25.0. The maximum atomic E-state index is 12.2. The largest absolute Gasteiger partial charge is 0.455 e. The molecule has 4 nitrogen and oxygen atoms in total. The third-order valence-electron chi connectivity index (χ3n) is 5.71. The minimum Gasteiger partial charge on any atom is -0.455 e. The summed E-state index contributed by atoms with van der Waals surface area (Å²) in [5, 5.41) is 5.16. The maximum Gasteiger partial charge on any atom is 0.311 e. The van der Waals surface area contributed by atoms with Crippen LogP contribution in [0, 0.1) is 17.8 Å². The molecule has 4 fully saturated rings. The van der Waals surface area contributed by atoms with Crippen molar-refractivity contribution in [3.8, 4) is 0 Å². The molecule has 4 aliphatic rings. The Morgan fingerprint density at radius 3 is 2.39 bits per heavy atom. The molecule has 5 rings (SSSR count). The van der Waals surface area contributed by atoms with Crippen molar-refractivity contribution < 1.29 is 14.3 Å². The SMILES string of the molecule is O=C(COC(=O)Cc1cccs1)NC12CC3CC(CC(C3)C1)C2. The quantitative estimate of drug-likeness (QED) is 0.843. The van der Waals surface area contributed by atoms with Crippen molar-refractivity contribution in [1.29, 1.82) is 0 Å². The highest BCUT2D eigenvalue weighted by Gasteiger charge is 2.51. The van der Waals surface area contributed by atoms with E-state index in [4.69, 9.17) is 4.74 Å². The van der Waals surface area contributed by atoms with Crippen molar-refractivity contribution in [2.75, 3.05) is 6.61 Å². The second-order valence-corrected chi connectivity index (χ2v) is 8.70. The lowest BCUT2D eigenvalue weighted by Gasteiger charge is -2.56. The Kier molecular flexibility index (Phi) is 3.92. The first kappa shape index (κ1) is 15.2. The van der Waals surface area contributed by atoms with Gasteiger partial charge < -0.3 is 10.1 Å². The number of nitrogens with one attached hydrogen (secondary N) is 1. The van der Waals surface area contributed by atoms with Crippen molar-refractivity contribution in [2.24, 2.45) is 17.8 Å². The van der Waals surface area contributed by atoms with Gasteiger partial charge in [-0.2, -0.15) is 0 Å². The fourth-order valence-corrected chi connectivity index (χ4v) is 6.04. The van der Waals surface area contributed by atoms with E-state index in [0.29, 0.717) is 0 Å². The zero-order valence-electron chi connectivity index (χ0n) is 13.3. The average molecular weight is 333 g/mol. The van der Waals surface area contributed by atoms with Crippen molar-refractivity contribution >= 4 is 23.2 Å². The summed E-state index contributed by atoms with van der Waals surface area (Å²) in [7, 11) is 0. The van der Waals surface area contributed by atoms with Crippen LogP contribution in [0.2, 0.25) is 0 Å². The molecular formula is C18H23NO3S. The zero-order chi connectivity index (χ0) is 15.9. The van der Waals surface area contributed by atoms with E-state index in [9.17, 15) is 9.59 Å². The molecule has 0 radical (unpaired) electrons. The first-order valence-corrected chi connectivity index (χ1v) is 9.47. The summed E-state index contributed by atoms with van der Waals surface area (Å²) in [5.74, 6) is 1.92. The van der Waals surface area contributed by atoms with Crippen molar-refractivity contribution in [3.63, 3.8) is 0 Å². The van der Waals surface area contributed by atoms with Gasteiger partial charge in [-0.05, 0) is 67.7 Å². The Hall–Kier alpha value is -1.36. The number of rotatable bonds is 5. The summed E-state index contributed by atoms with van der Waals surface area (Å²) in [6.07, 6.45) is 7.67. The fraction of sp³-hybridized carbons (Fsp3) is 0.667. The van der Waals surface area contributed by atoms with Crippen LogP contribution in [0.4, 0.5) is 0 Å². The van der Waals surface area contributed by atoms with Crippen molar-refractivity contribution in [3.05, 3.63) is 22.4 Å². The normalized spacial score (nSPS) is 34.3. The van der Waals surface area contributed by atoms with E-state index in [2.05, 4.69) is 5.32 Å². The molecule has 4 aliphatic carbocycles. The van der Waals surface area contributed by atoms with Crippen molar-refractivity contribution in [1.82, 2.24) is 5.32 Å². The first-order valence-electron chi connectivity index (χ1n) is 8.59. The smallest absolute Gasteiger partial charge is 0.311 e. The van der Waals surface area contributed by atoms with Crippen LogP contribution in [-0.4, -0.2) is 24.0 Å². The molecule has 5 heteroatoms. The van der Waals surface area contributed by atoms with E-state index >= 15 is 0 Å². The number of esters is 1. The molecule has 1 N–H and O–H groups in total. The van der Waals surface area contributed by atoms with Crippen LogP contribution in [0.3, 0.4) is 0 Å². The summed E-state index contributed by atoms with van der Waals surface area (Å²) >= 11 is 1.53. The molecular weight excluding hydrogens is 310 g/mol. The van der Waals surface area contributed by atoms with Gasteiger partial charge in [0, 0.05) is 10.4 Å². The third kappa shape index (κ3) is 3.30. The molecule has 4 bridgehead atoms. The lowest BCUT2D eigenvalue weighted by molar-refractivity contribution is -0.149. The van der Waals surface area contributed by atoms with Gasteiger partial charge in [0.05, 0.1) is 6.42 Å². The van der Waals surface area contributed by atoms with E-state index in [1.54, 1.807) is 0 Å². The van der Waals surface area contributed by atoms with E-state index in [-0.39, 0.29) is 30.4 Å². The van der Waals surface area contributed by atoms with Gasteiger partial charge in [0.15, 0.2) is 6.61 Å².